The van der Waals surface area contributed by atoms with Crippen LogP contribution < -0.4 is 0 Å². The van der Waals surface area contributed by atoms with Gasteiger partial charge >= 0.3 is 0 Å². The molecule has 1 aromatic carbocycles. The summed E-state index contributed by atoms with van der Waals surface area (Å²) in [6.45, 7) is 8.15. The maximum Gasteiger partial charge on any atom is 0.161 e. The minimum Gasteiger partial charge on any atom is -0.297 e. The number of thiazole rings is 1. The third-order valence-electron chi connectivity index (χ3n) is 2.83. The summed E-state index contributed by atoms with van der Waals surface area (Å²) in [7, 11) is 0. The summed E-state index contributed by atoms with van der Waals surface area (Å²) in [6.07, 6.45) is 0.884. The largest absolute Gasteiger partial charge is 0.297 e. The fraction of sp³-hybridized carbons (Fsp3) is 0.286. The molecule has 0 unspecified atom stereocenters. The van der Waals surface area contributed by atoms with E-state index in [0.29, 0.717) is 0 Å². The first-order chi connectivity index (χ1) is 8.02. The van der Waals surface area contributed by atoms with E-state index in [2.05, 4.69) is 37.9 Å². The molecule has 3 heteroatoms. The van der Waals surface area contributed by atoms with Crippen LogP contribution in [0.5, 0.6) is 0 Å². The highest BCUT2D eigenvalue weighted by molar-refractivity contribution is 7.16. The average molecular weight is 245 g/mol. The molecule has 0 saturated carbocycles. The molecule has 0 atom stereocenters. The molecule has 2 rings (SSSR count). The lowest BCUT2D eigenvalue weighted by molar-refractivity contribution is 0.112. The van der Waals surface area contributed by atoms with Crippen LogP contribution in [0.3, 0.4) is 0 Å². The molecule has 1 heterocycles. The van der Waals surface area contributed by atoms with Gasteiger partial charge in [0.05, 0.1) is 10.6 Å². The zero-order valence-corrected chi connectivity index (χ0v) is 11.3. The predicted molar refractivity (Wildman–Crippen MR) is 71.9 cm³/mol. The Bertz CT molecular complexity index is 561. The third-order valence-corrected chi connectivity index (χ3v) is 3.93. The highest BCUT2D eigenvalue weighted by atomic mass is 32.1. The first-order valence-electron chi connectivity index (χ1n) is 5.53. The Morgan fingerprint density at radius 3 is 2.18 bits per heavy atom. The van der Waals surface area contributed by atoms with E-state index < -0.39 is 0 Å². The number of benzene rings is 1. The van der Waals surface area contributed by atoms with E-state index in [0.717, 1.165) is 27.4 Å². The predicted octanol–water partition coefficient (Wildman–Crippen LogP) is 3.86. The maximum absolute atomic E-state index is 10.9. The van der Waals surface area contributed by atoms with Gasteiger partial charge in [0.25, 0.3) is 0 Å². The summed E-state index contributed by atoms with van der Waals surface area (Å²) in [6, 6.07) is 4.30. The molecule has 0 N–H and O–H groups in total. The third kappa shape index (κ3) is 2.15. The van der Waals surface area contributed by atoms with E-state index in [1.165, 1.54) is 28.0 Å². The van der Waals surface area contributed by atoms with E-state index in [-0.39, 0.29) is 0 Å². The Balaban J connectivity index is 2.64. The van der Waals surface area contributed by atoms with Gasteiger partial charge in [-0.25, -0.2) is 4.98 Å². The summed E-state index contributed by atoms with van der Waals surface area (Å²) in [5.74, 6) is 0. The van der Waals surface area contributed by atoms with Gasteiger partial charge in [-0.1, -0.05) is 17.7 Å². The Labute approximate surface area is 105 Å². The SMILES string of the molecule is Cc1cc(C)c(-c2nc(C)c(C=O)s2)c(C)c1. The summed E-state index contributed by atoms with van der Waals surface area (Å²) in [4.78, 5) is 16.1. The number of aldehydes is 1. The van der Waals surface area contributed by atoms with Gasteiger partial charge in [0.15, 0.2) is 6.29 Å². The van der Waals surface area contributed by atoms with Crippen molar-refractivity contribution in [2.75, 3.05) is 0 Å². The van der Waals surface area contributed by atoms with Gasteiger partial charge in [0, 0.05) is 5.56 Å². The molecule has 0 bridgehead atoms. The first kappa shape index (κ1) is 12.0. The molecular weight excluding hydrogens is 230 g/mol. The summed E-state index contributed by atoms with van der Waals surface area (Å²) >= 11 is 1.47. The summed E-state index contributed by atoms with van der Waals surface area (Å²) < 4.78 is 0. The molecule has 0 radical (unpaired) electrons. The first-order valence-corrected chi connectivity index (χ1v) is 6.35. The Morgan fingerprint density at radius 2 is 1.71 bits per heavy atom. The lowest BCUT2D eigenvalue weighted by atomic mass is 10.0. The van der Waals surface area contributed by atoms with E-state index in [1.54, 1.807) is 0 Å². The normalized spacial score (nSPS) is 10.6. The van der Waals surface area contributed by atoms with Crippen molar-refractivity contribution in [3.8, 4) is 10.6 Å². The van der Waals surface area contributed by atoms with Crippen molar-refractivity contribution < 1.29 is 4.79 Å². The average Bonchev–Trinajstić information content (AvgIpc) is 2.57. The number of hydrogen-bond donors (Lipinski definition) is 0. The second-order valence-corrected chi connectivity index (χ2v) is 5.39. The molecule has 0 amide bonds. The Kier molecular flexibility index (Phi) is 3.11. The molecule has 2 aromatic rings. The highest BCUT2D eigenvalue weighted by Gasteiger charge is 2.13. The van der Waals surface area contributed by atoms with Crippen molar-refractivity contribution in [2.24, 2.45) is 0 Å². The van der Waals surface area contributed by atoms with Crippen molar-refractivity contribution in [2.45, 2.75) is 27.7 Å². The number of carbonyl (C=O) groups is 1. The number of rotatable bonds is 2. The maximum atomic E-state index is 10.9. The van der Waals surface area contributed by atoms with E-state index >= 15 is 0 Å². The lowest BCUT2D eigenvalue weighted by Crippen LogP contribution is -1.89. The molecular formula is C14H15NOS. The van der Waals surface area contributed by atoms with Gasteiger partial charge < -0.3 is 0 Å². The van der Waals surface area contributed by atoms with E-state index in [1.807, 2.05) is 6.92 Å². The van der Waals surface area contributed by atoms with Crippen molar-refractivity contribution in [3.63, 3.8) is 0 Å². The summed E-state index contributed by atoms with van der Waals surface area (Å²) in [5, 5.41) is 0.944. The molecule has 2 nitrogen and oxygen atoms in total. The van der Waals surface area contributed by atoms with Gasteiger partial charge in [0.2, 0.25) is 0 Å². The highest BCUT2D eigenvalue weighted by Crippen LogP contribution is 2.32. The van der Waals surface area contributed by atoms with E-state index in [9.17, 15) is 4.79 Å². The van der Waals surface area contributed by atoms with Crippen LogP contribution >= 0.6 is 11.3 Å². The standard InChI is InChI=1S/C14H15NOS/c1-8-5-9(2)13(10(3)6-8)14-15-11(4)12(7-16)17-14/h5-7H,1-4H3. The van der Waals surface area contributed by atoms with Gasteiger partial charge in [0.1, 0.15) is 5.01 Å². The van der Waals surface area contributed by atoms with Crippen molar-refractivity contribution >= 4 is 17.6 Å². The smallest absolute Gasteiger partial charge is 0.161 e. The van der Waals surface area contributed by atoms with Crippen molar-refractivity contribution in [3.05, 3.63) is 39.4 Å². The second-order valence-electron chi connectivity index (χ2n) is 4.36. The fourth-order valence-corrected chi connectivity index (χ4v) is 3.20. The van der Waals surface area contributed by atoms with Crippen molar-refractivity contribution in [1.29, 1.82) is 0 Å². The van der Waals surface area contributed by atoms with E-state index in [4.69, 9.17) is 0 Å². The molecule has 0 aliphatic heterocycles. The fourth-order valence-electron chi connectivity index (χ4n) is 2.14. The topological polar surface area (TPSA) is 30.0 Å². The van der Waals surface area contributed by atoms with Gasteiger partial charge in [-0.15, -0.1) is 11.3 Å². The quantitative estimate of drug-likeness (QED) is 0.752. The zero-order chi connectivity index (χ0) is 12.6. The molecule has 1 aromatic heterocycles. The van der Waals surface area contributed by atoms with Crippen LogP contribution in [-0.2, 0) is 0 Å². The van der Waals surface area contributed by atoms with Crippen LogP contribution in [0, 0.1) is 27.7 Å². The van der Waals surface area contributed by atoms with Crippen LogP contribution in [-0.4, -0.2) is 11.3 Å². The van der Waals surface area contributed by atoms with Crippen LogP contribution in [0.1, 0.15) is 32.1 Å². The molecule has 0 aliphatic rings. The molecule has 0 aliphatic carbocycles. The van der Waals surface area contributed by atoms with Crippen molar-refractivity contribution in [1.82, 2.24) is 4.98 Å². The Morgan fingerprint density at radius 1 is 1.12 bits per heavy atom. The Hall–Kier alpha value is -1.48. The van der Waals surface area contributed by atoms with Crippen LogP contribution in [0.25, 0.3) is 10.6 Å². The van der Waals surface area contributed by atoms with Crippen LogP contribution in [0.15, 0.2) is 12.1 Å². The molecule has 88 valence electrons. The van der Waals surface area contributed by atoms with Crippen LogP contribution in [0.4, 0.5) is 0 Å². The zero-order valence-electron chi connectivity index (χ0n) is 10.5. The lowest BCUT2D eigenvalue weighted by Gasteiger charge is -2.08. The van der Waals surface area contributed by atoms with Gasteiger partial charge in [-0.3, -0.25) is 4.79 Å². The number of hydrogen-bond acceptors (Lipinski definition) is 3. The monoisotopic (exact) mass is 245 g/mol. The van der Waals surface area contributed by atoms with Gasteiger partial charge in [-0.05, 0) is 38.8 Å². The van der Waals surface area contributed by atoms with Gasteiger partial charge in [-0.2, -0.15) is 0 Å². The number of aromatic nitrogens is 1. The number of carbonyl (C=O) groups excluding carboxylic acids is 1. The number of nitrogens with zero attached hydrogens (tertiary/aromatic N) is 1. The number of aryl methyl sites for hydroxylation is 4. The minimum atomic E-state index is 0.722. The molecule has 0 spiro atoms. The van der Waals surface area contributed by atoms with Crippen LogP contribution in [0.2, 0.25) is 0 Å². The molecule has 0 saturated heterocycles. The summed E-state index contributed by atoms with van der Waals surface area (Å²) in [5.41, 5.74) is 5.67. The molecule has 17 heavy (non-hydrogen) atoms. The molecule has 0 fully saturated rings. The second kappa shape index (κ2) is 4.41. The minimum absolute atomic E-state index is 0.722.